The Bertz CT molecular complexity index is 2040. The largest absolute Gasteiger partial charge is 0.292 e. The van der Waals surface area contributed by atoms with Gasteiger partial charge in [-0.05, 0) is 18.2 Å². The summed E-state index contributed by atoms with van der Waals surface area (Å²) in [6.45, 7) is 0. The molecule has 0 spiro atoms. The zero-order valence-corrected chi connectivity index (χ0v) is 20.9. The summed E-state index contributed by atoms with van der Waals surface area (Å²) < 4.78 is 2.26. The van der Waals surface area contributed by atoms with Crippen LogP contribution in [0, 0.1) is 0 Å². The van der Waals surface area contributed by atoms with Crippen LogP contribution in [0.2, 0.25) is 0 Å². The molecule has 0 unspecified atom stereocenters. The zero-order chi connectivity index (χ0) is 25.8. The van der Waals surface area contributed by atoms with Crippen LogP contribution in [-0.4, -0.2) is 24.3 Å². The first-order chi connectivity index (χ1) is 19.3. The van der Waals surface area contributed by atoms with Crippen molar-refractivity contribution in [1.82, 2.24) is 24.3 Å². The maximum Gasteiger partial charge on any atom is 0.164 e. The van der Waals surface area contributed by atoms with Crippen LogP contribution < -0.4 is 0 Å². The molecule has 8 aromatic rings. The number of fused-ring (bicyclic) bond motifs is 3. The number of hydrogen-bond acceptors (Lipinski definition) is 4. The molecule has 0 amide bonds. The third kappa shape index (κ3) is 3.48. The highest BCUT2D eigenvalue weighted by Gasteiger charge is 2.20. The Labute approximate surface area is 224 Å². The van der Waals surface area contributed by atoms with E-state index in [9.17, 15) is 0 Å². The molecule has 0 aliphatic rings. The van der Waals surface area contributed by atoms with E-state index in [1.165, 1.54) is 5.39 Å². The molecule has 5 heteroatoms. The molecule has 0 N–H and O–H groups in total. The third-order valence-electron chi connectivity index (χ3n) is 7.20. The van der Waals surface area contributed by atoms with Crippen molar-refractivity contribution in [3.8, 4) is 45.4 Å². The van der Waals surface area contributed by atoms with E-state index in [2.05, 4.69) is 65.1 Å². The smallest absolute Gasteiger partial charge is 0.164 e. The molecule has 4 aromatic heterocycles. The van der Waals surface area contributed by atoms with E-state index in [1.54, 1.807) is 0 Å². The molecular weight excluding hydrogens is 478 g/mol. The van der Waals surface area contributed by atoms with Crippen LogP contribution in [0.25, 0.3) is 72.9 Å². The summed E-state index contributed by atoms with van der Waals surface area (Å²) in [6, 6.07) is 43.3. The van der Waals surface area contributed by atoms with Gasteiger partial charge in [-0.1, -0.05) is 109 Å². The summed E-state index contributed by atoms with van der Waals surface area (Å²) in [5.74, 6) is 1.95. The SMILES string of the molecule is c1ccc(-c2nc(-c3ccccc3)nc(-c3ccc4c(c3)c3c(-c5ccccc5)nc5cccc4n53)n2)cc1. The van der Waals surface area contributed by atoms with Gasteiger partial charge in [0.15, 0.2) is 17.5 Å². The molecule has 0 radical (unpaired) electrons. The number of rotatable bonds is 4. The first kappa shape index (κ1) is 21.6. The molecule has 0 bridgehead atoms. The van der Waals surface area contributed by atoms with Crippen molar-refractivity contribution < 1.29 is 0 Å². The quantitative estimate of drug-likeness (QED) is 0.247. The standard InChI is InChI=1S/C34H21N5/c1-4-11-22(12-5-1)30-31-27-21-25(19-20-26(27)28-17-10-18-29(35-30)39(28)31)34-37-32(23-13-6-2-7-14-23)36-33(38-34)24-15-8-3-9-16-24/h1-21H. The van der Waals surface area contributed by atoms with Gasteiger partial charge in [-0.25, -0.2) is 19.9 Å². The zero-order valence-electron chi connectivity index (χ0n) is 20.9. The monoisotopic (exact) mass is 499 g/mol. The lowest BCUT2D eigenvalue weighted by atomic mass is 10.1. The summed E-state index contributed by atoms with van der Waals surface area (Å²) in [5, 5.41) is 2.31. The molecule has 182 valence electrons. The highest BCUT2D eigenvalue weighted by Crippen LogP contribution is 2.38. The van der Waals surface area contributed by atoms with E-state index in [4.69, 9.17) is 19.9 Å². The van der Waals surface area contributed by atoms with Crippen LogP contribution in [0.3, 0.4) is 0 Å². The second-order valence-corrected chi connectivity index (χ2v) is 9.58. The number of pyridine rings is 1. The van der Waals surface area contributed by atoms with Crippen molar-refractivity contribution in [2.45, 2.75) is 0 Å². The minimum absolute atomic E-state index is 0.642. The molecule has 5 nitrogen and oxygen atoms in total. The van der Waals surface area contributed by atoms with Crippen molar-refractivity contribution in [2.75, 3.05) is 0 Å². The normalized spacial score (nSPS) is 11.6. The predicted octanol–water partition coefficient (Wildman–Crippen LogP) is 7.93. The summed E-state index contributed by atoms with van der Waals surface area (Å²) >= 11 is 0. The minimum Gasteiger partial charge on any atom is -0.292 e. The number of imidazole rings is 1. The molecule has 4 heterocycles. The Morgan fingerprint density at radius 3 is 1.59 bits per heavy atom. The predicted molar refractivity (Wildman–Crippen MR) is 157 cm³/mol. The highest BCUT2D eigenvalue weighted by atomic mass is 15.0. The molecule has 8 rings (SSSR count). The second kappa shape index (κ2) is 8.57. The first-order valence-corrected chi connectivity index (χ1v) is 12.9. The summed E-state index contributed by atoms with van der Waals surface area (Å²) in [7, 11) is 0. The van der Waals surface area contributed by atoms with Gasteiger partial charge in [-0.3, -0.25) is 4.40 Å². The van der Waals surface area contributed by atoms with Crippen LogP contribution in [0.5, 0.6) is 0 Å². The van der Waals surface area contributed by atoms with Crippen molar-refractivity contribution in [2.24, 2.45) is 0 Å². The summed E-state index contributed by atoms with van der Waals surface area (Å²) in [6.07, 6.45) is 0. The number of benzene rings is 4. The fraction of sp³-hybridized carbons (Fsp3) is 0. The maximum absolute atomic E-state index is 5.03. The highest BCUT2D eigenvalue weighted by molar-refractivity contribution is 6.14. The molecule has 0 atom stereocenters. The van der Waals surface area contributed by atoms with Gasteiger partial charge in [0.1, 0.15) is 5.65 Å². The van der Waals surface area contributed by atoms with Gasteiger partial charge in [0.2, 0.25) is 0 Å². The summed E-state index contributed by atoms with van der Waals surface area (Å²) in [4.78, 5) is 19.8. The lowest BCUT2D eigenvalue weighted by Gasteiger charge is -2.08. The molecule has 0 aliphatic carbocycles. The van der Waals surface area contributed by atoms with Gasteiger partial charge in [0.25, 0.3) is 0 Å². The fourth-order valence-corrected chi connectivity index (χ4v) is 5.39. The maximum atomic E-state index is 5.03. The van der Waals surface area contributed by atoms with Gasteiger partial charge in [0.05, 0.1) is 16.7 Å². The molecule has 39 heavy (non-hydrogen) atoms. The van der Waals surface area contributed by atoms with Crippen LogP contribution in [-0.2, 0) is 0 Å². The summed E-state index contributed by atoms with van der Waals surface area (Å²) in [5.41, 5.74) is 8.10. The Kier molecular flexibility index (Phi) is 4.76. The number of nitrogens with zero attached hydrogens (tertiary/aromatic N) is 5. The minimum atomic E-state index is 0.642. The Hall–Kier alpha value is -5.42. The van der Waals surface area contributed by atoms with Gasteiger partial charge < -0.3 is 0 Å². The van der Waals surface area contributed by atoms with E-state index >= 15 is 0 Å². The van der Waals surface area contributed by atoms with Crippen LogP contribution in [0.1, 0.15) is 0 Å². The number of hydrogen-bond donors (Lipinski definition) is 0. The van der Waals surface area contributed by atoms with E-state index in [-0.39, 0.29) is 0 Å². The molecule has 0 saturated heterocycles. The van der Waals surface area contributed by atoms with Crippen LogP contribution >= 0.6 is 0 Å². The van der Waals surface area contributed by atoms with Gasteiger partial charge in [-0.15, -0.1) is 0 Å². The average Bonchev–Trinajstić information content (AvgIpc) is 3.57. The number of aromatic nitrogens is 5. The van der Waals surface area contributed by atoms with Crippen molar-refractivity contribution in [3.63, 3.8) is 0 Å². The first-order valence-electron chi connectivity index (χ1n) is 12.9. The van der Waals surface area contributed by atoms with Crippen LogP contribution in [0.4, 0.5) is 0 Å². The second-order valence-electron chi connectivity index (χ2n) is 9.58. The molecule has 0 fully saturated rings. The third-order valence-corrected chi connectivity index (χ3v) is 7.20. The topological polar surface area (TPSA) is 56.0 Å². The lowest BCUT2D eigenvalue weighted by molar-refractivity contribution is 1.07. The Morgan fingerprint density at radius 1 is 0.410 bits per heavy atom. The lowest BCUT2D eigenvalue weighted by Crippen LogP contribution is -2.00. The van der Waals surface area contributed by atoms with E-state index in [0.29, 0.717) is 17.5 Å². The Balaban J connectivity index is 1.40. The van der Waals surface area contributed by atoms with Gasteiger partial charge in [-0.2, -0.15) is 0 Å². The van der Waals surface area contributed by atoms with Crippen LogP contribution in [0.15, 0.2) is 127 Å². The van der Waals surface area contributed by atoms with E-state index in [1.807, 2.05) is 66.7 Å². The van der Waals surface area contributed by atoms with E-state index < -0.39 is 0 Å². The van der Waals surface area contributed by atoms with Gasteiger partial charge >= 0.3 is 0 Å². The van der Waals surface area contributed by atoms with Crippen molar-refractivity contribution in [1.29, 1.82) is 0 Å². The van der Waals surface area contributed by atoms with Crippen molar-refractivity contribution >= 4 is 27.5 Å². The molecular formula is C34H21N5. The molecule has 0 saturated carbocycles. The van der Waals surface area contributed by atoms with E-state index in [0.717, 1.165) is 50.0 Å². The molecule has 4 aromatic carbocycles. The van der Waals surface area contributed by atoms with Gasteiger partial charge in [0, 0.05) is 33.0 Å². The average molecular weight is 500 g/mol. The van der Waals surface area contributed by atoms with Crippen molar-refractivity contribution in [3.05, 3.63) is 127 Å². The Morgan fingerprint density at radius 2 is 0.974 bits per heavy atom. The fourth-order valence-electron chi connectivity index (χ4n) is 5.39. The molecule has 0 aliphatic heterocycles.